The second-order valence-electron chi connectivity index (χ2n) is 6.93. The maximum absolute atomic E-state index is 12.8. The van der Waals surface area contributed by atoms with Crippen LogP contribution in [0.5, 0.6) is 0 Å². The van der Waals surface area contributed by atoms with Gasteiger partial charge >= 0.3 is 0 Å². The van der Waals surface area contributed by atoms with E-state index in [1.54, 1.807) is 22.9 Å². The average molecular weight is 425 g/mol. The second-order valence-corrected chi connectivity index (χ2v) is 7.77. The van der Waals surface area contributed by atoms with Gasteiger partial charge in [-0.15, -0.1) is 0 Å². The van der Waals surface area contributed by atoms with Crippen molar-refractivity contribution in [2.24, 2.45) is 0 Å². The van der Waals surface area contributed by atoms with Gasteiger partial charge in [-0.05, 0) is 56.2 Å². The minimum atomic E-state index is -0.368. The number of amides is 1. The molecule has 2 heterocycles. The molecule has 0 aliphatic carbocycles. The van der Waals surface area contributed by atoms with Crippen molar-refractivity contribution in [3.63, 3.8) is 0 Å². The van der Waals surface area contributed by atoms with Gasteiger partial charge in [0.25, 0.3) is 5.91 Å². The molecule has 1 N–H and O–H groups in total. The first-order valence-electron chi connectivity index (χ1n) is 9.04. The molecule has 0 aliphatic rings. The second kappa shape index (κ2) is 7.50. The molecule has 5 nitrogen and oxygen atoms in total. The van der Waals surface area contributed by atoms with Gasteiger partial charge in [0.15, 0.2) is 5.82 Å². The maximum Gasteiger partial charge on any atom is 0.258 e. The van der Waals surface area contributed by atoms with Crippen molar-refractivity contribution in [1.29, 1.82) is 0 Å². The molecule has 0 saturated heterocycles. The number of nitrogens with zero attached hydrogens (tertiary/aromatic N) is 3. The van der Waals surface area contributed by atoms with Crippen LogP contribution in [0.25, 0.3) is 16.7 Å². The van der Waals surface area contributed by atoms with Crippen molar-refractivity contribution in [3.05, 3.63) is 81.0 Å². The van der Waals surface area contributed by atoms with Crippen molar-refractivity contribution >= 4 is 45.8 Å². The highest BCUT2D eigenvalue weighted by molar-refractivity contribution is 6.36. The summed E-state index contributed by atoms with van der Waals surface area (Å²) >= 11 is 12.2. The fourth-order valence-corrected chi connectivity index (χ4v) is 3.65. The lowest BCUT2D eigenvalue weighted by Crippen LogP contribution is -2.16. The number of halogens is 2. The lowest BCUT2D eigenvalue weighted by molar-refractivity contribution is 0.102. The molecule has 0 spiro atoms. The van der Waals surface area contributed by atoms with Gasteiger partial charge in [-0.25, -0.2) is 4.98 Å². The van der Waals surface area contributed by atoms with E-state index in [9.17, 15) is 4.79 Å². The Kier molecular flexibility index (Phi) is 5.03. The predicted molar refractivity (Wildman–Crippen MR) is 117 cm³/mol. The van der Waals surface area contributed by atoms with Gasteiger partial charge in [-0.2, -0.15) is 9.78 Å². The molecule has 4 rings (SSSR count). The van der Waals surface area contributed by atoms with Crippen LogP contribution in [0.4, 0.5) is 5.82 Å². The van der Waals surface area contributed by atoms with Crippen LogP contribution >= 0.6 is 23.2 Å². The van der Waals surface area contributed by atoms with Crippen LogP contribution in [-0.2, 0) is 0 Å². The van der Waals surface area contributed by atoms with E-state index in [-0.39, 0.29) is 5.91 Å². The van der Waals surface area contributed by atoms with Crippen molar-refractivity contribution in [2.45, 2.75) is 20.8 Å². The van der Waals surface area contributed by atoms with E-state index in [4.69, 9.17) is 28.2 Å². The van der Waals surface area contributed by atoms with Crippen LogP contribution < -0.4 is 5.32 Å². The quantitative estimate of drug-likeness (QED) is 0.444. The normalized spacial score (nSPS) is 11.1. The first kappa shape index (κ1) is 19.4. The average Bonchev–Trinajstić information content (AvgIpc) is 3.04. The number of hydrogen-bond donors (Lipinski definition) is 1. The van der Waals surface area contributed by atoms with Crippen molar-refractivity contribution in [1.82, 2.24) is 14.8 Å². The molecular weight excluding hydrogens is 407 g/mol. The third kappa shape index (κ3) is 3.71. The molecular formula is C22H18Cl2N4O. The van der Waals surface area contributed by atoms with Crippen molar-refractivity contribution in [3.8, 4) is 5.82 Å². The topological polar surface area (TPSA) is 59.8 Å². The summed E-state index contributed by atoms with van der Waals surface area (Å²) < 4.78 is 1.63. The molecule has 0 radical (unpaired) electrons. The first-order valence-corrected chi connectivity index (χ1v) is 9.79. The molecule has 0 unspecified atom stereocenters. The Morgan fingerprint density at radius 3 is 2.59 bits per heavy atom. The molecule has 0 fully saturated rings. The third-order valence-electron chi connectivity index (χ3n) is 4.70. The number of para-hydroxylation sites is 1. The molecule has 0 aliphatic heterocycles. The molecule has 146 valence electrons. The van der Waals surface area contributed by atoms with Gasteiger partial charge < -0.3 is 5.32 Å². The summed E-state index contributed by atoms with van der Waals surface area (Å²) in [6, 6.07) is 14.6. The van der Waals surface area contributed by atoms with Gasteiger partial charge in [0.05, 0.1) is 21.8 Å². The molecule has 2 aromatic heterocycles. The summed E-state index contributed by atoms with van der Waals surface area (Å²) in [7, 11) is 0. The third-order valence-corrected chi connectivity index (χ3v) is 5.26. The number of rotatable bonds is 3. The van der Waals surface area contributed by atoms with Gasteiger partial charge in [-0.3, -0.25) is 4.79 Å². The zero-order chi connectivity index (χ0) is 20.7. The van der Waals surface area contributed by atoms with Crippen LogP contribution in [0.2, 0.25) is 10.0 Å². The fraction of sp³-hybridized carbons (Fsp3) is 0.136. The zero-order valence-corrected chi connectivity index (χ0v) is 17.6. The van der Waals surface area contributed by atoms with Crippen LogP contribution in [-0.4, -0.2) is 20.7 Å². The lowest BCUT2D eigenvalue weighted by atomic mass is 10.1. The molecule has 7 heteroatoms. The highest BCUT2D eigenvalue weighted by Gasteiger charge is 2.17. The Bertz CT molecular complexity index is 1260. The largest absolute Gasteiger partial charge is 0.306 e. The number of fused-ring (bicyclic) bond motifs is 1. The smallest absolute Gasteiger partial charge is 0.258 e. The molecule has 1 amide bonds. The van der Waals surface area contributed by atoms with E-state index in [2.05, 4.69) is 10.4 Å². The van der Waals surface area contributed by atoms with E-state index < -0.39 is 0 Å². The van der Waals surface area contributed by atoms with E-state index in [1.165, 1.54) is 6.07 Å². The Hall–Kier alpha value is -2.89. The van der Waals surface area contributed by atoms with Crippen LogP contribution in [0.3, 0.4) is 0 Å². The summed E-state index contributed by atoms with van der Waals surface area (Å²) in [5, 5.41) is 9.25. The summed E-state index contributed by atoms with van der Waals surface area (Å²) in [5.41, 5.74) is 4.11. The lowest BCUT2D eigenvalue weighted by Gasteiger charge is -2.12. The highest BCUT2D eigenvalue weighted by Crippen LogP contribution is 2.26. The Balaban J connectivity index is 1.78. The van der Waals surface area contributed by atoms with E-state index >= 15 is 0 Å². The van der Waals surface area contributed by atoms with E-state index in [0.29, 0.717) is 27.2 Å². The molecule has 29 heavy (non-hydrogen) atoms. The van der Waals surface area contributed by atoms with Crippen molar-refractivity contribution in [2.75, 3.05) is 5.32 Å². The summed E-state index contributed by atoms with van der Waals surface area (Å²) in [5.74, 6) is 0.764. The number of pyridine rings is 1. The van der Waals surface area contributed by atoms with Gasteiger partial charge in [-0.1, -0.05) is 41.4 Å². The molecule has 0 bridgehead atoms. The monoisotopic (exact) mass is 424 g/mol. The Labute approximate surface area is 178 Å². The van der Waals surface area contributed by atoms with Gasteiger partial charge in [0.2, 0.25) is 0 Å². The number of carbonyl (C=O) groups is 1. The number of anilines is 1. The van der Waals surface area contributed by atoms with Gasteiger partial charge in [0, 0.05) is 16.5 Å². The summed E-state index contributed by atoms with van der Waals surface area (Å²) in [6.45, 7) is 5.92. The number of hydrogen-bond acceptors (Lipinski definition) is 3. The summed E-state index contributed by atoms with van der Waals surface area (Å²) in [6.07, 6.45) is 0. The van der Waals surface area contributed by atoms with E-state index in [1.807, 2.05) is 45.0 Å². The van der Waals surface area contributed by atoms with E-state index in [0.717, 1.165) is 27.7 Å². The highest BCUT2D eigenvalue weighted by atomic mass is 35.5. The number of aromatic nitrogens is 3. The number of benzene rings is 2. The number of aryl methyl sites for hydroxylation is 3. The predicted octanol–water partition coefficient (Wildman–Crippen LogP) is 5.90. The van der Waals surface area contributed by atoms with Crippen LogP contribution in [0.15, 0.2) is 48.5 Å². The van der Waals surface area contributed by atoms with Crippen LogP contribution in [0.1, 0.15) is 27.2 Å². The maximum atomic E-state index is 12.8. The SMILES string of the molecule is Cc1cc(NC(=O)c2cc(Cl)ccc2Cl)n(-c2cc(C)c3cccc(C)c3n2)n1. The number of carbonyl (C=O) groups excluding carboxylic acids is 1. The minimum absolute atomic E-state index is 0.295. The Morgan fingerprint density at radius 1 is 1.00 bits per heavy atom. The van der Waals surface area contributed by atoms with Crippen LogP contribution in [0, 0.1) is 20.8 Å². The molecule has 0 atom stereocenters. The Morgan fingerprint density at radius 2 is 1.79 bits per heavy atom. The minimum Gasteiger partial charge on any atom is -0.306 e. The molecule has 2 aromatic carbocycles. The van der Waals surface area contributed by atoms with Gasteiger partial charge in [0.1, 0.15) is 5.82 Å². The number of nitrogens with one attached hydrogen (secondary N) is 1. The fourth-order valence-electron chi connectivity index (χ4n) is 3.27. The van der Waals surface area contributed by atoms with Crippen molar-refractivity contribution < 1.29 is 4.79 Å². The molecule has 4 aromatic rings. The molecule has 0 saturated carbocycles. The summed E-state index contributed by atoms with van der Waals surface area (Å²) in [4.78, 5) is 17.6. The standard InChI is InChI=1S/C22H18Cl2N4O/c1-12-5-4-6-16-13(2)9-19(25-21(12)16)28-20(10-14(3)27-28)26-22(29)17-11-15(23)7-8-18(17)24/h4-11H,1-3H3,(H,26,29). The zero-order valence-electron chi connectivity index (χ0n) is 16.1. The first-order chi connectivity index (χ1) is 13.8.